The summed E-state index contributed by atoms with van der Waals surface area (Å²) in [6.07, 6.45) is 4.17. The molecule has 0 aromatic heterocycles. The Labute approximate surface area is 203 Å². The fourth-order valence-electron chi connectivity index (χ4n) is 7.16. The molecule has 0 aliphatic carbocycles. The van der Waals surface area contributed by atoms with E-state index in [4.69, 9.17) is 4.74 Å². The van der Waals surface area contributed by atoms with Crippen LogP contribution in [-0.2, 0) is 19.1 Å². The molecular weight excluding hydrogens is 436 g/mol. The molecule has 5 atom stereocenters. The molecule has 192 valence electrons. The van der Waals surface area contributed by atoms with Gasteiger partial charge in [0.1, 0.15) is 17.6 Å². The zero-order valence-electron chi connectivity index (χ0n) is 21.6. The van der Waals surface area contributed by atoms with E-state index in [1.807, 2.05) is 20.8 Å². The first-order valence-corrected chi connectivity index (χ1v) is 12.5. The van der Waals surface area contributed by atoms with Crippen LogP contribution in [0, 0.1) is 17.3 Å². The summed E-state index contributed by atoms with van der Waals surface area (Å²) in [7, 11) is 0. The van der Waals surface area contributed by atoms with Crippen LogP contribution in [0.25, 0.3) is 0 Å². The van der Waals surface area contributed by atoms with Crippen LogP contribution in [0.15, 0.2) is 12.7 Å². The zero-order chi connectivity index (χ0) is 25.7. The van der Waals surface area contributed by atoms with Crippen LogP contribution < -0.4 is 0 Å². The summed E-state index contributed by atoms with van der Waals surface area (Å²) in [5.74, 6) is -3.51. The minimum Gasteiger partial charge on any atom is -0.481 e. The van der Waals surface area contributed by atoms with Gasteiger partial charge in [-0.15, -0.1) is 6.58 Å². The second kappa shape index (κ2) is 8.94. The van der Waals surface area contributed by atoms with Gasteiger partial charge in [0.25, 0.3) is 0 Å². The fourth-order valence-corrected chi connectivity index (χ4v) is 7.16. The topological polar surface area (TPSA) is 107 Å². The van der Waals surface area contributed by atoms with Crippen molar-refractivity contribution in [2.75, 3.05) is 19.7 Å². The Morgan fingerprint density at radius 3 is 2.41 bits per heavy atom. The normalized spacial score (nSPS) is 32.7. The second-order valence-electron chi connectivity index (χ2n) is 12.1. The number of carbonyl (C=O) groups is 3. The molecule has 1 spiro atoms. The van der Waals surface area contributed by atoms with E-state index < -0.39 is 40.6 Å². The molecule has 2 unspecified atom stereocenters. The Kier molecular flexibility index (Phi) is 7.01. The number of aliphatic hydroxyl groups excluding tert-OH is 1. The lowest BCUT2D eigenvalue weighted by Gasteiger charge is -2.45. The maximum atomic E-state index is 14.4. The molecule has 3 fully saturated rings. The molecule has 8 heteroatoms. The summed E-state index contributed by atoms with van der Waals surface area (Å²) < 4.78 is 6.57. The monoisotopic (exact) mass is 478 g/mol. The van der Waals surface area contributed by atoms with E-state index in [1.165, 1.54) is 4.90 Å². The van der Waals surface area contributed by atoms with Crippen LogP contribution in [0.1, 0.15) is 73.6 Å². The maximum absolute atomic E-state index is 14.4. The van der Waals surface area contributed by atoms with Crippen molar-refractivity contribution in [1.29, 1.82) is 0 Å². The molecule has 3 rings (SSSR count). The molecule has 2 N–H and O–H groups in total. The van der Waals surface area contributed by atoms with Gasteiger partial charge < -0.3 is 24.7 Å². The van der Waals surface area contributed by atoms with Crippen molar-refractivity contribution >= 4 is 17.8 Å². The standard InChI is InChI=1S/C26H42N2O6/c1-8-13-28(24(6,7)16-23(3,4)5)21(31)19-26-12-11-25(9-2,34-26)18(22(32)33)17(26)20(30)27(19)14-10-15-29/h8,17-19,29H,1,9-16H2,2-7H3,(H,32,33)/t17-,18-,19?,25+,26?/m0/s1. The number of carboxylic acids is 1. The highest BCUT2D eigenvalue weighted by molar-refractivity contribution is 5.98. The highest BCUT2D eigenvalue weighted by atomic mass is 16.5. The SMILES string of the molecule is C=CCN(C(=O)C1N(CCCO)C(=O)[C@@H]2[C@@H](C(=O)O)[C@@]3(CC)CCC12O3)C(C)(C)CC(C)(C)C. The zero-order valence-corrected chi connectivity index (χ0v) is 21.6. The van der Waals surface area contributed by atoms with Crippen LogP contribution in [0.4, 0.5) is 0 Å². The van der Waals surface area contributed by atoms with Crippen molar-refractivity contribution in [3.8, 4) is 0 Å². The number of rotatable bonds is 10. The molecule has 2 amide bonds. The summed E-state index contributed by atoms with van der Waals surface area (Å²) in [5.41, 5.74) is -2.68. The summed E-state index contributed by atoms with van der Waals surface area (Å²) in [6, 6.07) is -0.923. The molecule has 3 saturated heterocycles. The lowest BCUT2D eigenvalue weighted by molar-refractivity contribution is -0.160. The van der Waals surface area contributed by atoms with Gasteiger partial charge in [-0.05, 0) is 51.4 Å². The molecule has 3 aliphatic rings. The Morgan fingerprint density at radius 2 is 1.91 bits per heavy atom. The number of likely N-dealkylation sites (tertiary alicyclic amines) is 1. The number of hydrogen-bond donors (Lipinski definition) is 2. The first-order valence-electron chi connectivity index (χ1n) is 12.5. The summed E-state index contributed by atoms with van der Waals surface area (Å²) >= 11 is 0. The number of nitrogens with zero attached hydrogens (tertiary/aromatic N) is 2. The number of aliphatic carboxylic acids is 1. The van der Waals surface area contributed by atoms with E-state index in [2.05, 4.69) is 27.4 Å². The minimum absolute atomic E-state index is 0.0466. The number of ether oxygens (including phenoxy) is 1. The number of amides is 2. The van der Waals surface area contributed by atoms with Crippen molar-refractivity contribution < 1.29 is 29.3 Å². The molecule has 2 bridgehead atoms. The number of carbonyl (C=O) groups excluding carboxylic acids is 2. The molecule has 3 aliphatic heterocycles. The van der Waals surface area contributed by atoms with E-state index in [1.54, 1.807) is 11.0 Å². The predicted octanol–water partition coefficient (Wildman–Crippen LogP) is 2.84. The van der Waals surface area contributed by atoms with Crippen molar-refractivity contribution in [3.05, 3.63) is 12.7 Å². The molecule has 0 aromatic carbocycles. The lowest BCUT2D eigenvalue weighted by atomic mass is 9.65. The molecule has 0 saturated carbocycles. The third-order valence-electron chi connectivity index (χ3n) is 8.01. The molecule has 0 aromatic rings. The van der Waals surface area contributed by atoms with Gasteiger partial charge in [0.2, 0.25) is 11.8 Å². The number of fused-ring (bicyclic) bond motifs is 1. The molecule has 34 heavy (non-hydrogen) atoms. The van der Waals surface area contributed by atoms with Crippen LogP contribution in [0.2, 0.25) is 0 Å². The number of carboxylic acid groups (broad SMARTS) is 1. The average molecular weight is 479 g/mol. The number of hydrogen-bond acceptors (Lipinski definition) is 5. The van der Waals surface area contributed by atoms with Crippen LogP contribution in [-0.4, -0.2) is 80.3 Å². The van der Waals surface area contributed by atoms with Gasteiger partial charge in [0.05, 0.1) is 11.5 Å². The first kappa shape index (κ1) is 26.7. The maximum Gasteiger partial charge on any atom is 0.310 e. The van der Waals surface area contributed by atoms with Gasteiger partial charge in [-0.25, -0.2) is 0 Å². The Bertz CT molecular complexity index is 849. The molecule has 8 nitrogen and oxygen atoms in total. The van der Waals surface area contributed by atoms with Gasteiger partial charge >= 0.3 is 5.97 Å². The van der Waals surface area contributed by atoms with E-state index >= 15 is 0 Å². The molecule has 0 radical (unpaired) electrons. The highest BCUT2D eigenvalue weighted by Gasteiger charge is 2.79. The van der Waals surface area contributed by atoms with Gasteiger partial charge in [-0.3, -0.25) is 14.4 Å². The first-order chi connectivity index (χ1) is 15.7. The van der Waals surface area contributed by atoms with Crippen molar-refractivity contribution in [2.45, 2.75) is 96.4 Å². The second-order valence-corrected chi connectivity index (χ2v) is 12.1. The van der Waals surface area contributed by atoms with Gasteiger partial charge in [-0.2, -0.15) is 0 Å². The van der Waals surface area contributed by atoms with Crippen LogP contribution >= 0.6 is 0 Å². The van der Waals surface area contributed by atoms with Crippen LogP contribution in [0.3, 0.4) is 0 Å². The predicted molar refractivity (Wildman–Crippen MR) is 128 cm³/mol. The van der Waals surface area contributed by atoms with E-state index in [0.717, 1.165) is 6.42 Å². The van der Waals surface area contributed by atoms with E-state index in [9.17, 15) is 24.6 Å². The lowest BCUT2D eigenvalue weighted by Crippen LogP contribution is -2.61. The Hall–Kier alpha value is -1.93. The van der Waals surface area contributed by atoms with Gasteiger partial charge in [-0.1, -0.05) is 33.8 Å². The third-order valence-corrected chi connectivity index (χ3v) is 8.01. The van der Waals surface area contributed by atoms with E-state index in [0.29, 0.717) is 32.2 Å². The largest absolute Gasteiger partial charge is 0.481 e. The molecular formula is C26H42N2O6. The van der Waals surface area contributed by atoms with Gasteiger partial charge in [0, 0.05) is 25.2 Å². The van der Waals surface area contributed by atoms with Crippen molar-refractivity contribution in [3.63, 3.8) is 0 Å². The smallest absolute Gasteiger partial charge is 0.310 e. The third kappa shape index (κ3) is 4.06. The summed E-state index contributed by atoms with van der Waals surface area (Å²) in [4.78, 5) is 43.8. The quantitative estimate of drug-likeness (QED) is 0.468. The average Bonchev–Trinajstić information content (AvgIpc) is 3.32. The summed E-state index contributed by atoms with van der Waals surface area (Å²) in [6.45, 7) is 16.5. The van der Waals surface area contributed by atoms with Crippen LogP contribution in [0.5, 0.6) is 0 Å². The van der Waals surface area contributed by atoms with Gasteiger partial charge in [0.15, 0.2) is 0 Å². The minimum atomic E-state index is -1.17. The van der Waals surface area contributed by atoms with Crippen molar-refractivity contribution in [1.82, 2.24) is 9.80 Å². The highest BCUT2D eigenvalue weighted by Crippen LogP contribution is 2.64. The summed E-state index contributed by atoms with van der Waals surface area (Å²) in [5, 5.41) is 19.6. The Morgan fingerprint density at radius 1 is 1.26 bits per heavy atom. The van der Waals surface area contributed by atoms with E-state index in [-0.39, 0.29) is 30.4 Å². The molecule has 3 heterocycles. The Balaban J connectivity index is 2.11. The number of aliphatic hydroxyl groups is 1. The fraction of sp³-hybridized carbons (Fsp3) is 0.808. The van der Waals surface area contributed by atoms with Crippen molar-refractivity contribution in [2.24, 2.45) is 17.3 Å².